The first-order chi connectivity index (χ1) is 11.8. The molecule has 0 saturated carbocycles. The summed E-state index contributed by atoms with van der Waals surface area (Å²) in [6, 6.07) is -0.389. The Morgan fingerprint density at radius 2 is 2.16 bits per heavy atom. The fraction of sp³-hybridized carbons (Fsp3) is 0.714. The van der Waals surface area contributed by atoms with E-state index >= 15 is 0 Å². The average Bonchev–Trinajstić information content (AvgIpc) is 2.76. The van der Waals surface area contributed by atoms with Gasteiger partial charge in [-0.3, -0.25) is 9.59 Å². The minimum atomic E-state index is -0.389. The van der Waals surface area contributed by atoms with E-state index in [0.29, 0.717) is 12.5 Å². The average molecular weight is 347 g/mol. The Kier molecular flexibility index (Phi) is 6.86. The maximum absolute atomic E-state index is 12.3. The van der Waals surface area contributed by atoms with Crippen molar-refractivity contribution in [3.63, 3.8) is 0 Å². The molecule has 140 valence electrons. The molecule has 1 aliphatic carbocycles. The van der Waals surface area contributed by atoms with E-state index in [-0.39, 0.29) is 23.3 Å². The van der Waals surface area contributed by atoms with Crippen molar-refractivity contribution >= 4 is 11.8 Å². The van der Waals surface area contributed by atoms with E-state index < -0.39 is 0 Å². The Morgan fingerprint density at radius 1 is 1.40 bits per heavy atom. The van der Waals surface area contributed by atoms with Crippen molar-refractivity contribution in [2.75, 3.05) is 6.54 Å². The number of carbonyl (C=O) groups excluding carboxylic acids is 2. The number of allylic oxidation sites excluding steroid dienone is 3. The van der Waals surface area contributed by atoms with E-state index in [1.165, 1.54) is 18.4 Å². The summed E-state index contributed by atoms with van der Waals surface area (Å²) in [5.74, 6) is 0.476. The molecule has 4 heteroatoms. The summed E-state index contributed by atoms with van der Waals surface area (Å²) in [5, 5.41) is 5.72. The summed E-state index contributed by atoms with van der Waals surface area (Å²) in [6.45, 7) is 9.66. The molecule has 0 bridgehead atoms. The van der Waals surface area contributed by atoms with Crippen LogP contribution in [-0.4, -0.2) is 24.4 Å². The van der Waals surface area contributed by atoms with Crippen molar-refractivity contribution < 1.29 is 9.59 Å². The fourth-order valence-corrected chi connectivity index (χ4v) is 3.98. The molecule has 0 radical (unpaired) electrons. The van der Waals surface area contributed by atoms with Crippen molar-refractivity contribution in [2.24, 2.45) is 11.3 Å². The second kappa shape index (κ2) is 8.68. The van der Waals surface area contributed by atoms with Gasteiger partial charge in [0.15, 0.2) is 0 Å². The maximum atomic E-state index is 12.3. The van der Waals surface area contributed by atoms with Crippen LogP contribution in [-0.2, 0) is 9.59 Å². The molecule has 1 saturated heterocycles. The van der Waals surface area contributed by atoms with Crippen molar-refractivity contribution in [3.05, 3.63) is 23.3 Å². The third-order valence-electron chi connectivity index (χ3n) is 6.31. The Bertz CT molecular complexity index is 564. The fourth-order valence-electron chi connectivity index (χ4n) is 3.98. The smallest absolute Gasteiger partial charge is 0.244 e. The number of carbonyl (C=O) groups is 2. The number of hydrogen-bond donors (Lipinski definition) is 2. The monoisotopic (exact) mass is 346 g/mol. The molecular weight excluding hydrogens is 312 g/mol. The van der Waals surface area contributed by atoms with Crippen molar-refractivity contribution in [2.45, 2.75) is 78.7 Å². The van der Waals surface area contributed by atoms with Gasteiger partial charge in [-0.1, -0.05) is 31.1 Å². The first-order valence-electron chi connectivity index (χ1n) is 9.75. The number of rotatable bonds is 5. The molecule has 2 aliphatic rings. The van der Waals surface area contributed by atoms with Crippen LogP contribution in [0.4, 0.5) is 0 Å². The summed E-state index contributed by atoms with van der Waals surface area (Å²) in [4.78, 5) is 24.2. The van der Waals surface area contributed by atoms with E-state index in [0.717, 1.165) is 37.7 Å². The van der Waals surface area contributed by atoms with Crippen LogP contribution in [0.2, 0.25) is 0 Å². The molecule has 4 nitrogen and oxygen atoms in total. The van der Waals surface area contributed by atoms with Crippen molar-refractivity contribution in [1.29, 1.82) is 0 Å². The molecule has 25 heavy (non-hydrogen) atoms. The minimum Gasteiger partial charge on any atom is -0.354 e. The van der Waals surface area contributed by atoms with Gasteiger partial charge >= 0.3 is 0 Å². The van der Waals surface area contributed by atoms with Crippen LogP contribution in [0.1, 0.15) is 72.6 Å². The molecule has 0 aromatic heterocycles. The predicted molar refractivity (Wildman–Crippen MR) is 102 cm³/mol. The summed E-state index contributed by atoms with van der Waals surface area (Å²) >= 11 is 0. The van der Waals surface area contributed by atoms with Gasteiger partial charge < -0.3 is 10.6 Å². The van der Waals surface area contributed by atoms with Crippen LogP contribution in [0.15, 0.2) is 23.3 Å². The topological polar surface area (TPSA) is 58.2 Å². The van der Waals surface area contributed by atoms with Crippen LogP contribution >= 0.6 is 0 Å². The van der Waals surface area contributed by atoms with Gasteiger partial charge in [-0.15, -0.1) is 0 Å². The molecule has 2 rings (SSSR count). The van der Waals surface area contributed by atoms with Gasteiger partial charge in [0.05, 0.1) is 0 Å². The largest absolute Gasteiger partial charge is 0.354 e. The molecule has 0 aromatic carbocycles. The third kappa shape index (κ3) is 5.20. The summed E-state index contributed by atoms with van der Waals surface area (Å²) in [6.07, 6.45) is 11.1. The standard InChI is InChI=1S/C21H34N2O2/c1-15(11-12-21(4)16(2)8-7-9-17(21)3)14-19(24)23-18-10-5-6-13-22-20(18)25/h8,14,17-18H,5-7,9-13H2,1-4H3,(H,22,25)(H,23,24)/t17-,18-,21-/m1/s1. The molecule has 2 amide bonds. The molecule has 2 N–H and O–H groups in total. The Labute approximate surface area is 152 Å². The number of hydrogen-bond acceptors (Lipinski definition) is 2. The Morgan fingerprint density at radius 3 is 2.88 bits per heavy atom. The highest BCUT2D eigenvalue weighted by Crippen LogP contribution is 2.45. The van der Waals surface area contributed by atoms with Gasteiger partial charge in [0, 0.05) is 12.6 Å². The normalized spacial score (nSPS) is 31.0. The quantitative estimate of drug-likeness (QED) is 0.586. The molecule has 1 fully saturated rings. The molecule has 0 aromatic rings. The number of amides is 2. The first kappa shape index (κ1) is 19.7. The SMILES string of the molecule is CC(=CC(=O)N[C@@H]1CCCCNC1=O)CC[C@]1(C)C(C)=CCC[C@H]1C. The lowest BCUT2D eigenvalue weighted by atomic mass is 9.65. The Hall–Kier alpha value is -1.58. The first-order valence-corrected chi connectivity index (χ1v) is 9.75. The van der Waals surface area contributed by atoms with E-state index in [1.807, 2.05) is 6.92 Å². The second-order valence-corrected chi connectivity index (χ2v) is 8.12. The maximum Gasteiger partial charge on any atom is 0.244 e. The van der Waals surface area contributed by atoms with E-state index in [9.17, 15) is 9.59 Å². The van der Waals surface area contributed by atoms with E-state index in [4.69, 9.17) is 0 Å². The van der Waals surface area contributed by atoms with Gasteiger partial charge in [-0.25, -0.2) is 0 Å². The highest BCUT2D eigenvalue weighted by molar-refractivity contribution is 5.93. The van der Waals surface area contributed by atoms with Crippen molar-refractivity contribution in [1.82, 2.24) is 10.6 Å². The zero-order valence-corrected chi connectivity index (χ0v) is 16.3. The summed E-state index contributed by atoms with van der Waals surface area (Å²) in [7, 11) is 0. The van der Waals surface area contributed by atoms with Gasteiger partial charge in [-0.05, 0) is 70.1 Å². The van der Waals surface area contributed by atoms with Crippen LogP contribution in [0.25, 0.3) is 0 Å². The minimum absolute atomic E-state index is 0.0544. The van der Waals surface area contributed by atoms with Crippen molar-refractivity contribution in [3.8, 4) is 0 Å². The van der Waals surface area contributed by atoms with Gasteiger partial charge in [0.2, 0.25) is 11.8 Å². The number of nitrogens with one attached hydrogen (secondary N) is 2. The highest BCUT2D eigenvalue weighted by Gasteiger charge is 2.34. The van der Waals surface area contributed by atoms with E-state index in [1.54, 1.807) is 6.08 Å². The van der Waals surface area contributed by atoms with Crippen LogP contribution in [0, 0.1) is 11.3 Å². The third-order valence-corrected chi connectivity index (χ3v) is 6.31. The second-order valence-electron chi connectivity index (χ2n) is 8.12. The van der Waals surface area contributed by atoms with E-state index in [2.05, 4.69) is 37.5 Å². The zero-order valence-electron chi connectivity index (χ0n) is 16.3. The van der Waals surface area contributed by atoms with Gasteiger partial charge in [-0.2, -0.15) is 0 Å². The lowest BCUT2D eigenvalue weighted by molar-refractivity contribution is -0.126. The molecule has 1 aliphatic heterocycles. The Balaban J connectivity index is 1.90. The van der Waals surface area contributed by atoms with Gasteiger partial charge in [0.1, 0.15) is 6.04 Å². The molecule has 0 unspecified atom stereocenters. The molecule has 0 spiro atoms. The van der Waals surface area contributed by atoms with Crippen LogP contribution < -0.4 is 10.6 Å². The van der Waals surface area contributed by atoms with Crippen LogP contribution in [0.3, 0.4) is 0 Å². The lowest BCUT2D eigenvalue weighted by Gasteiger charge is -2.40. The summed E-state index contributed by atoms with van der Waals surface area (Å²) in [5.41, 5.74) is 2.79. The lowest BCUT2D eigenvalue weighted by Crippen LogP contribution is -2.45. The molecule has 1 heterocycles. The van der Waals surface area contributed by atoms with Gasteiger partial charge in [0.25, 0.3) is 0 Å². The molecular formula is C21H34N2O2. The van der Waals surface area contributed by atoms with Crippen LogP contribution in [0.5, 0.6) is 0 Å². The summed E-state index contributed by atoms with van der Waals surface area (Å²) < 4.78 is 0. The highest BCUT2D eigenvalue weighted by atomic mass is 16.2. The predicted octanol–water partition coefficient (Wildman–Crippen LogP) is 3.88. The molecule has 3 atom stereocenters. The zero-order chi connectivity index (χ0) is 18.4.